The predicted octanol–water partition coefficient (Wildman–Crippen LogP) is 2.04. The first-order valence-electron chi connectivity index (χ1n) is 5.15. The van der Waals surface area contributed by atoms with Gasteiger partial charge in [-0.3, -0.25) is 4.90 Å². The Kier molecular flexibility index (Phi) is 4.94. The van der Waals surface area contributed by atoms with E-state index in [9.17, 15) is 9.59 Å². The van der Waals surface area contributed by atoms with Crippen molar-refractivity contribution in [3.05, 3.63) is 0 Å². The van der Waals surface area contributed by atoms with Gasteiger partial charge in [0.15, 0.2) is 6.07 Å². The number of esters is 1. The summed E-state index contributed by atoms with van der Waals surface area (Å²) in [4.78, 5) is 24.8. The summed E-state index contributed by atoms with van der Waals surface area (Å²) in [6.07, 6.45) is -0.501. The highest BCUT2D eigenvalue weighted by Gasteiger charge is 2.38. The molecule has 1 aliphatic rings. The van der Waals surface area contributed by atoms with Gasteiger partial charge in [-0.2, -0.15) is 0 Å². The molecule has 1 aliphatic heterocycles. The zero-order chi connectivity index (χ0) is 13.1. The van der Waals surface area contributed by atoms with E-state index in [1.54, 1.807) is 20.8 Å². The number of alkyl halides is 1. The van der Waals surface area contributed by atoms with Gasteiger partial charge in [-0.05, 0) is 20.8 Å². The third-order valence-corrected chi connectivity index (χ3v) is 3.10. The third kappa shape index (κ3) is 4.27. The summed E-state index contributed by atoms with van der Waals surface area (Å²) in [7, 11) is 0. The number of carbonyl (C=O) groups excluding carboxylic acids is 2. The topological polar surface area (TPSA) is 55.8 Å². The van der Waals surface area contributed by atoms with Crippen LogP contribution in [-0.2, 0) is 14.3 Å². The van der Waals surface area contributed by atoms with Gasteiger partial charge in [0.2, 0.25) is 0 Å². The number of hydrogen-bond donors (Lipinski definition) is 0. The second-order valence-electron chi connectivity index (χ2n) is 4.54. The van der Waals surface area contributed by atoms with Crippen LogP contribution in [0.15, 0.2) is 0 Å². The highest BCUT2D eigenvalue weighted by Crippen LogP contribution is 2.24. The molecule has 0 aromatic carbocycles. The van der Waals surface area contributed by atoms with Crippen molar-refractivity contribution in [2.75, 3.05) is 17.7 Å². The molecule has 98 valence electrons. The lowest BCUT2D eigenvalue weighted by molar-refractivity contribution is -0.146. The van der Waals surface area contributed by atoms with Gasteiger partial charge in [0.1, 0.15) is 11.6 Å². The fourth-order valence-electron chi connectivity index (χ4n) is 1.29. The van der Waals surface area contributed by atoms with Crippen LogP contribution in [0.5, 0.6) is 0 Å². The Morgan fingerprint density at radius 2 is 2.12 bits per heavy atom. The van der Waals surface area contributed by atoms with E-state index in [1.807, 2.05) is 0 Å². The Balaban J connectivity index is 2.63. The van der Waals surface area contributed by atoms with Crippen molar-refractivity contribution in [3.8, 4) is 0 Å². The average Bonchev–Trinajstić information content (AvgIpc) is 2.63. The standard InChI is InChI=1S/C10H16ClNO4S/c1-10(2,3)16-9(14)12-6-17-4-7(12)8(13)15-5-11/h7H,4-6H2,1-3H3/t7-/m1/s1. The molecule has 1 saturated heterocycles. The van der Waals surface area contributed by atoms with E-state index < -0.39 is 23.7 Å². The first-order valence-corrected chi connectivity index (χ1v) is 6.84. The molecule has 1 fully saturated rings. The normalized spacial score (nSPS) is 20.2. The van der Waals surface area contributed by atoms with Crippen molar-refractivity contribution in [1.82, 2.24) is 4.90 Å². The van der Waals surface area contributed by atoms with Crippen LogP contribution in [-0.4, -0.2) is 46.3 Å². The second-order valence-corrected chi connectivity index (χ2v) is 5.76. The van der Waals surface area contributed by atoms with Gasteiger partial charge >= 0.3 is 12.1 Å². The van der Waals surface area contributed by atoms with Crippen molar-refractivity contribution in [2.45, 2.75) is 32.4 Å². The molecule has 5 nitrogen and oxygen atoms in total. The molecule has 0 aliphatic carbocycles. The van der Waals surface area contributed by atoms with Gasteiger partial charge in [0, 0.05) is 5.75 Å². The number of carbonyl (C=O) groups is 2. The first-order chi connectivity index (χ1) is 7.85. The largest absolute Gasteiger partial charge is 0.448 e. The molecule has 0 saturated carbocycles. The average molecular weight is 282 g/mol. The van der Waals surface area contributed by atoms with Gasteiger partial charge in [-0.1, -0.05) is 11.6 Å². The molecule has 1 amide bonds. The van der Waals surface area contributed by atoms with Crippen LogP contribution < -0.4 is 0 Å². The van der Waals surface area contributed by atoms with Crippen LogP contribution >= 0.6 is 23.4 Å². The van der Waals surface area contributed by atoms with Crippen LogP contribution in [0.2, 0.25) is 0 Å². The lowest BCUT2D eigenvalue weighted by Gasteiger charge is -2.26. The number of halogens is 1. The molecular formula is C10H16ClNO4S. The maximum Gasteiger partial charge on any atom is 0.411 e. The van der Waals surface area contributed by atoms with Crippen molar-refractivity contribution < 1.29 is 19.1 Å². The Bertz CT molecular complexity index is 305. The summed E-state index contributed by atoms with van der Waals surface area (Å²) in [5.74, 6) is 0.446. The van der Waals surface area contributed by atoms with Gasteiger partial charge in [0.25, 0.3) is 0 Å². The summed E-state index contributed by atoms with van der Waals surface area (Å²) in [5, 5.41) is 0. The van der Waals surface area contributed by atoms with E-state index in [4.69, 9.17) is 21.1 Å². The highest BCUT2D eigenvalue weighted by molar-refractivity contribution is 7.99. The van der Waals surface area contributed by atoms with Crippen LogP contribution in [0.3, 0.4) is 0 Å². The van der Waals surface area contributed by atoms with Crippen molar-refractivity contribution >= 4 is 35.4 Å². The zero-order valence-electron chi connectivity index (χ0n) is 10.1. The second kappa shape index (κ2) is 5.82. The van der Waals surface area contributed by atoms with E-state index >= 15 is 0 Å². The van der Waals surface area contributed by atoms with Gasteiger partial charge < -0.3 is 9.47 Å². The first kappa shape index (κ1) is 14.4. The van der Waals surface area contributed by atoms with Crippen LogP contribution in [0.4, 0.5) is 4.79 Å². The molecular weight excluding hydrogens is 266 g/mol. The number of hydrogen-bond acceptors (Lipinski definition) is 5. The molecule has 7 heteroatoms. The Morgan fingerprint density at radius 3 is 2.65 bits per heavy atom. The lowest BCUT2D eigenvalue weighted by atomic mass is 10.2. The van der Waals surface area contributed by atoms with Crippen molar-refractivity contribution in [3.63, 3.8) is 0 Å². The molecule has 1 atom stereocenters. The van der Waals surface area contributed by atoms with Crippen LogP contribution in [0.1, 0.15) is 20.8 Å². The molecule has 1 heterocycles. The molecule has 0 bridgehead atoms. The number of ether oxygens (including phenoxy) is 2. The van der Waals surface area contributed by atoms with Gasteiger partial charge in [0.05, 0.1) is 5.88 Å². The fourth-order valence-corrected chi connectivity index (χ4v) is 2.52. The number of rotatable bonds is 2. The molecule has 0 aromatic heterocycles. The molecule has 17 heavy (non-hydrogen) atoms. The van der Waals surface area contributed by atoms with E-state index in [0.29, 0.717) is 11.6 Å². The van der Waals surface area contributed by atoms with E-state index in [1.165, 1.54) is 16.7 Å². The number of amides is 1. The summed E-state index contributed by atoms with van der Waals surface area (Å²) < 4.78 is 9.91. The Labute approximate surface area is 110 Å². The minimum absolute atomic E-state index is 0.206. The highest BCUT2D eigenvalue weighted by atomic mass is 35.5. The monoisotopic (exact) mass is 281 g/mol. The van der Waals surface area contributed by atoms with Crippen molar-refractivity contribution in [1.29, 1.82) is 0 Å². The summed E-state index contributed by atoms with van der Waals surface area (Å²) in [5.41, 5.74) is -0.578. The summed E-state index contributed by atoms with van der Waals surface area (Å²) >= 11 is 6.80. The summed E-state index contributed by atoms with van der Waals surface area (Å²) in [6.45, 7) is 5.33. The van der Waals surface area contributed by atoms with E-state index in [0.717, 1.165) is 0 Å². The Hall–Kier alpha value is -0.620. The number of thioether (sulfide) groups is 1. The lowest BCUT2D eigenvalue weighted by Crippen LogP contribution is -2.45. The van der Waals surface area contributed by atoms with Crippen LogP contribution in [0, 0.1) is 0 Å². The molecule has 0 spiro atoms. The predicted molar refractivity (Wildman–Crippen MR) is 66.0 cm³/mol. The Morgan fingerprint density at radius 1 is 1.47 bits per heavy atom. The van der Waals surface area contributed by atoms with Crippen LogP contribution in [0.25, 0.3) is 0 Å². The minimum atomic E-state index is -0.603. The maximum atomic E-state index is 11.8. The zero-order valence-corrected chi connectivity index (χ0v) is 11.6. The SMILES string of the molecule is CC(C)(C)OC(=O)N1CSC[C@@H]1C(=O)OCCl. The third-order valence-electron chi connectivity index (χ3n) is 1.98. The smallest absolute Gasteiger partial charge is 0.411 e. The van der Waals surface area contributed by atoms with E-state index in [2.05, 4.69) is 0 Å². The molecule has 0 unspecified atom stereocenters. The fraction of sp³-hybridized carbons (Fsp3) is 0.800. The maximum absolute atomic E-state index is 11.8. The van der Waals surface area contributed by atoms with Gasteiger partial charge in [-0.15, -0.1) is 11.8 Å². The summed E-state index contributed by atoms with van der Waals surface area (Å²) in [6, 6.07) is -0.809. The van der Waals surface area contributed by atoms with E-state index in [-0.39, 0.29) is 6.07 Å². The van der Waals surface area contributed by atoms with Gasteiger partial charge in [-0.25, -0.2) is 9.59 Å². The van der Waals surface area contributed by atoms with Crippen molar-refractivity contribution in [2.24, 2.45) is 0 Å². The molecule has 1 rings (SSSR count). The molecule has 0 aromatic rings. The number of nitrogens with zero attached hydrogens (tertiary/aromatic N) is 1. The molecule has 0 radical (unpaired) electrons. The minimum Gasteiger partial charge on any atom is -0.448 e. The molecule has 0 N–H and O–H groups in total. The quantitative estimate of drug-likeness (QED) is 0.573.